The largest absolute Gasteiger partial charge is 0.504 e. The Morgan fingerprint density at radius 1 is 1.33 bits per heavy atom. The first kappa shape index (κ1) is 12.1. The number of piperidine rings is 1. The number of phenolic OH excluding ortho intramolecular Hbond substituents is 1. The van der Waals surface area contributed by atoms with Crippen LogP contribution in [0.25, 0.3) is 0 Å². The van der Waals surface area contributed by atoms with E-state index < -0.39 is 6.10 Å². The highest BCUT2D eigenvalue weighted by Crippen LogP contribution is 2.62. The average molecular weight is 285 g/mol. The summed E-state index contributed by atoms with van der Waals surface area (Å²) in [5, 5.41) is 20.6. The number of hydrogen-bond donors (Lipinski definition) is 2. The van der Waals surface area contributed by atoms with E-state index in [1.165, 1.54) is 11.1 Å². The molecule has 5 rings (SSSR count). The van der Waals surface area contributed by atoms with E-state index in [2.05, 4.69) is 18.0 Å². The predicted octanol–water partition coefficient (Wildman–Crippen LogP) is 1.20. The van der Waals surface area contributed by atoms with Gasteiger partial charge in [0.1, 0.15) is 12.2 Å². The van der Waals surface area contributed by atoms with Crippen molar-refractivity contribution in [2.24, 2.45) is 5.92 Å². The van der Waals surface area contributed by atoms with Crippen LogP contribution in [0.5, 0.6) is 11.5 Å². The van der Waals surface area contributed by atoms with Crippen LogP contribution in [0.4, 0.5) is 0 Å². The molecule has 2 aliphatic heterocycles. The maximum Gasteiger partial charge on any atom is 0.165 e. The minimum atomic E-state index is -0.594. The molecule has 0 saturated carbocycles. The molecule has 4 aliphatic rings. The second kappa shape index (κ2) is 3.62. The quantitative estimate of drug-likeness (QED) is 0.703. The Morgan fingerprint density at radius 2 is 2.19 bits per heavy atom. The molecule has 21 heavy (non-hydrogen) atoms. The number of phenols is 1. The number of nitrogens with zero attached hydrogens (tertiary/aromatic N) is 1. The summed E-state index contributed by atoms with van der Waals surface area (Å²) in [7, 11) is 2.19. The summed E-state index contributed by atoms with van der Waals surface area (Å²) in [6, 6.07) is 4.23. The van der Waals surface area contributed by atoms with Crippen LogP contribution < -0.4 is 4.74 Å². The molecule has 4 nitrogen and oxygen atoms in total. The highest BCUT2D eigenvalue weighted by atomic mass is 16.5. The van der Waals surface area contributed by atoms with Crippen LogP contribution in [-0.4, -0.2) is 47.0 Å². The summed E-state index contributed by atoms with van der Waals surface area (Å²) in [5.41, 5.74) is 2.29. The number of likely N-dealkylation sites (N-methyl/N-ethyl adjacent to an activating group) is 1. The lowest BCUT2D eigenvalue weighted by Gasteiger charge is -2.56. The van der Waals surface area contributed by atoms with E-state index in [0.717, 1.165) is 19.4 Å². The lowest BCUT2D eigenvalue weighted by molar-refractivity contribution is -0.0453. The summed E-state index contributed by atoms with van der Waals surface area (Å²) in [5.74, 6) is 1.19. The molecule has 110 valence electrons. The van der Waals surface area contributed by atoms with Crippen molar-refractivity contribution < 1.29 is 14.9 Å². The summed E-state index contributed by atoms with van der Waals surface area (Å²) >= 11 is 0. The third-order valence-electron chi connectivity index (χ3n) is 6.15. The molecule has 1 aromatic carbocycles. The van der Waals surface area contributed by atoms with Crippen molar-refractivity contribution in [2.45, 2.75) is 36.5 Å². The molecule has 2 aliphatic carbocycles. The van der Waals surface area contributed by atoms with Gasteiger partial charge >= 0.3 is 0 Å². The minimum absolute atomic E-state index is 0.160. The highest BCUT2D eigenvalue weighted by molar-refractivity contribution is 5.61. The Kier molecular flexibility index (Phi) is 2.08. The summed E-state index contributed by atoms with van der Waals surface area (Å²) < 4.78 is 6.09. The third kappa shape index (κ3) is 1.21. The van der Waals surface area contributed by atoms with Gasteiger partial charge in [-0.2, -0.15) is 0 Å². The summed E-state index contributed by atoms with van der Waals surface area (Å²) in [4.78, 5) is 2.43. The van der Waals surface area contributed by atoms with Crippen molar-refractivity contribution in [3.63, 3.8) is 0 Å². The van der Waals surface area contributed by atoms with Crippen molar-refractivity contribution in [3.8, 4) is 11.5 Å². The van der Waals surface area contributed by atoms with Crippen molar-refractivity contribution in [3.05, 3.63) is 35.4 Å². The molecule has 2 bridgehead atoms. The predicted molar refractivity (Wildman–Crippen MR) is 77.6 cm³/mol. The van der Waals surface area contributed by atoms with Gasteiger partial charge in [-0.05, 0) is 38.1 Å². The van der Waals surface area contributed by atoms with Gasteiger partial charge in [-0.15, -0.1) is 0 Å². The van der Waals surface area contributed by atoms with Gasteiger partial charge in [0.2, 0.25) is 0 Å². The van der Waals surface area contributed by atoms with E-state index in [0.29, 0.717) is 17.7 Å². The molecule has 2 heterocycles. The average Bonchev–Trinajstić information content (AvgIpc) is 2.83. The lowest BCUT2D eigenvalue weighted by Crippen LogP contribution is -2.64. The molecule has 0 aromatic heterocycles. The van der Waals surface area contributed by atoms with Crippen LogP contribution in [0.1, 0.15) is 17.5 Å². The van der Waals surface area contributed by atoms with E-state index in [1.807, 2.05) is 12.1 Å². The molecule has 1 fully saturated rings. The maximum atomic E-state index is 10.4. The fourth-order valence-corrected chi connectivity index (χ4v) is 5.24. The van der Waals surface area contributed by atoms with Gasteiger partial charge in [-0.25, -0.2) is 0 Å². The topological polar surface area (TPSA) is 52.9 Å². The molecular formula is C17H19NO3. The second-order valence-corrected chi connectivity index (χ2v) is 6.93. The van der Waals surface area contributed by atoms with Crippen LogP contribution in [0.2, 0.25) is 0 Å². The Morgan fingerprint density at radius 3 is 3.05 bits per heavy atom. The van der Waals surface area contributed by atoms with Crippen molar-refractivity contribution in [1.29, 1.82) is 0 Å². The Bertz CT molecular complexity index is 670. The minimum Gasteiger partial charge on any atom is -0.504 e. The van der Waals surface area contributed by atoms with Gasteiger partial charge in [-0.1, -0.05) is 18.2 Å². The number of rotatable bonds is 0. The van der Waals surface area contributed by atoms with E-state index >= 15 is 0 Å². The smallest absolute Gasteiger partial charge is 0.165 e. The van der Waals surface area contributed by atoms with Gasteiger partial charge in [0.15, 0.2) is 11.5 Å². The third-order valence-corrected chi connectivity index (χ3v) is 6.15. The van der Waals surface area contributed by atoms with Crippen molar-refractivity contribution in [1.82, 2.24) is 4.90 Å². The molecule has 0 radical (unpaired) electrons. The Balaban J connectivity index is 1.84. The molecule has 4 heteroatoms. The fourth-order valence-electron chi connectivity index (χ4n) is 5.24. The van der Waals surface area contributed by atoms with Crippen molar-refractivity contribution >= 4 is 0 Å². The van der Waals surface area contributed by atoms with Crippen LogP contribution in [0.3, 0.4) is 0 Å². The molecule has 0 amide bonds. The highest BCUT2D eigenvalue weighted by Gasteiger charge is 2.64. The van der Waals surface area contributed by atoms with Gasteiger partial charge in [0.05, 0.1) is 0 Å². The molecule has 5 atom stereocenters. The molecule has 1 spiro atoms. The number of aromatic hydroxyl groups is 1. The normalized spacial score (nSPS) is 42.6. The summed E-state index contributed by atoms with van der Waals surface area (Å²) in [6.07, 6.45) is 5.18. The second-order valence-electron chi connectivity index (χ2n) is 6.93. The van der Waals surface area contributed by atoms with Gasteiger partial charge < -0.3 is 19.8 Å². The van der Waals surface area contributed by atoms with Gasteiger partial charge in [-0.3, -0.25) is 0 Å². The molecule has 1 saturated heterocycles. The monoisotopic (exact) mass is 285 g/mol. The molecular weight excluding hydrogens is 266 g/mol. The van der Waals surface area contributed by atoms with Gasteiger partial charge in [0, 0.05) is 22.9 Å². The summed E-state index contributed by atoms with van der Waals surface area (Å²) in [6.45, 7) is 1.01. The lowest BCUT2D eigenvalue weighted by atomic mass is 9.53. The SMILES string of the molecule is CN1CC[C@@]23c4c5ccc(O)c4O[C@@H]2C(O)C=C[C@@H]3C1C5. The number of ether oxygens (including phenoxy) is 1. The zero-order valence-electron chi connectivity index (χ0n) is 12.0. The van der Waals surface area contributed by atoms with E-state index in [-0.39, 0.29) is 17.3 Å². The van der Waals surface area contributed by atoms with Crippen molar-refractivity contribution in [2.75, 3.05) is 13.6 Å². The molecule has 2 N–H and O–H groups in total. The van der Waals surface area contributed by atoms with Crippen LogP contribution in [0, 0.1) is 5.92 Å². The van der Waals surface area contributed by atoms with E-state index in [4.69, 9.17) is 4.74 Å². The van der Waals surface area contributed by atoms with Crippen LogP contribution in [-0.2, 0) is 11.8 Å². The number of aliphatic hydroxyl groups excluding tert-OH is 1. The molecule has 1 aromatic rings. The fraction of sp³-hybridized carbons (Fsp3) is 0.529. The van der Waals surface area contributed by atoms with E-state index in [1.54, 1.807) is 6.07 Å². The first-order valence-corrected chi connectivity index (χ1v) is 7.71. The number of hydrogen-bond acceptors (Lipinski definition) is 4. The standard InChI is InChI=1S/C17H19NO3/c1-18-7-6-17-10-3-5-13(20)16(17)21-15-12(19)4-2-9(14(15)17)8-11(10)18/h2-5,10-11,13,16,19-20H,6-8H2,1H3/t10-,11?,13?,16-,17-/m1/s1. The van der Waals surface area contributed by atoms with Crippen LogP contribution >= 0.6 is 0 Å². The Labute approximate surface area is 123 Å². The zero-order valence-corrected chi connectivity index (χ0v) is 12.0. The van der Waals surface area contributed by atoms with E-state index in [9.17, 15) is 10.2 Å². The maximum absolute atomic E-state index is 10.4. The van der Waals surface area contributed by atoms with Gasteiger partial charge in [0.25, 0.3) is 0 Å². The Hall–Kier alpha value is -1.52. The number of aliphatic hydroxyl groups is 1. The number of likely N-dealkylation sites (tertiary alicyclic amines) is 1. The first-order chi connectivity index (χ1) is 10.1. The molecule has 2 unspecified atom stereocenters. The first-order valence-electron chi connectivity index (χ1n) is 7.71. The zero-order chi connectivity index (χ0) is 14.4. The van der Waals surface area contributed by atoms with Crippen LogP contribution in [0.15, 0.2) is 24.3 Å². The number of benzene rings is 1.